The molecule has 1 aromatic heterocycles. The molecule has 2 fully saturated rings. The van der Waals surface area contributed by atoms with E-state index in [0.29, 0.717) is 48.1 Å². The van der Waals surface area contributed by atoms with Gasteiger partial charge in [0.15, 0.2) is 11.5 Å². The van der Waals surface area contributed by atoms with Gasteiger partial charge in [-0.25, -0.2) is 9.69 Å². The lowest BCUT2D eigenvalue weighted by Crippen LogP contribution is -2.68. The van der Waals surface area contributed by atoms with E-state index >= 15 is 0 Å². The predicted octanol–water partition coefficient (Wildman–Crippen LogP) is 2.81. The highest BCUT2D eigenvalue weighted by atomic mass is 16.5. The van der Waals surface area contributed by atoms with Crippen LogP contribution in [0.2, 0.25) is 0 Å². The van der Waals surface area contributed by atoms with Gasteiger partial charge in [0.05, 0.1) is 27.0 Å². The quantitative estimate of drug-likeness (QED) is 0.401. The minimum Gasteiger partial charge on any atom is -0.497 e. The highest BCUT2D eigenvalue weighted by Crippen LogP contribution is 2.40. The van der Waals surface area contributed by atoms with Crippen molar-refractivity contribution in [1.29, 1.82) is 0 Å². The van der Waals surface area contributed by atoms with Crippen molar-refractivity contribution >= 4 is 23.5 Å². The van der Waals surface area contributed by atoms with Crippen molar-refractivity contribution in [2.24, 2.45) is 11.3 Å². The smallest absolute Gasteiger partial charge is 0.335 e. The Balaban J connectivity index is 1.39. The number of nitrogens with one attached hydrogen (secondary N) is 1. The van der Waals surface area contributed by atoms with Crippen LogP contribution in [0.15, 0.2) is 65.5 Å². The van der Waals surface area contributed by atoms with Gasteiger partial charge in [-0.3, -0.25) is 19.7 Å². The van der Waals surface area contributed by atoms with E-state index in [1.165, 1.54) is 21.3 Å². The van der Waals surface area contributed by atoms with Gasteiger partial charge in [0.25, 0.3) is 11.5 Å². The highest BCUT2D eigenvalue weighted by Gasteiger charge is 2.56. The molecule has 224 valence electrons. The summed E-state index contributed by atoms with van der Waals surface area (Å²) < 4.78 is 18.0. The summed E-state index contributed by atoms with van der Waals surface area (Å²) in [5.74, 6) is 0.582. The lowest BCUT2D eigenvalue weighted by atomic mass is 9.75. The van der Waals surface area contributed by atoms with Crippen LogP contribution in [0, 0.1) is 11.3 Å². The van der Waals surface area contributed by atoms with Crippen LogP contribution in [0.4, 0.5) is 10.5 Å². The molecule has 3 aromatic rings. The number of barbiturate groups is 1. The number of carbonyl (C=O) groups excluding carboxylic acids is 3. The Bertz CT molecular complexity index is 1640. The zero-order valence-corrected chi connectivity index (χ0v) is 24.4. The summed E-state index contributed by atoms with van der Waals surface area (Å²) in [5, 5.41) is 2.48. The zero-order valence-electron chi connectivity index (χ0n) is 24.4. The lowest BCUT2D eigenvalue weighted by molar-refractivity contribution is -0.144. The van der Waals surface area contributed by atoms with Crippen LogP contribution in [0.5, 0.6) is 17.2 Å². The summed E-state index contributed by atoms with van der Waals surface area (Å²) in [5.41, 5.74) is 0.337. The van der Waals surface area contributed by atoms with Crippen LogP contribution in [0.25, 0.3) is 0 Å². The predicted molar refractivity (Wildman–Crippen MR) is 158 cm³/mol. The summed E-state index contributed by atoms with van der Waals surface area (Å²) in [7, 11) is 4.59. The maximum Gasteiger partial charge on any atom is 0.335 e. The van der Waals surface area contributed by atoms with Crippen LogP contribution in [-0.2, 0) is 22.6 Å². The number of amides is 4. The fourth-order valence-electron chi connectivity index (χ4n) is 6.84. The van der Waals surface area contributed by atoms with Crippen molar-refractivity contribution in [3.8, 4) is 17.2 Å². The Hall–Kier alpha value is -4.64. The number of carbonyl (C=O) groups is 3. The molecule has 0 radical (unpaired) electrons. The summed E-state index contributed by atoms with van der Waals surface area (Å²) in [6, 6.07) is 16.4. The molecule has 4 amide bonds. The molecule has 4 heterocycles. The van der Waals surface area contributed by atoms with Gasteiger partial charge in [0, 0.05) is 43.9 Å². The van der Waals surface area contributed by atoms with Gasteiger partial charge in [0.1, 0.15) is 11.2 Å². The Morgan fingerprint density at radius 1 is 0.860 bits per heavy atom. The van der Waals surface area contributed by atoms with E-state index in [1.807, 2.05) is 10.6 Å². The van der Waals surface area contributed by atoms with Crippen molar-refractivity contribution < 1.29 is 28.6 Å². The standard InChI is InChI=1S/C32H34N4O7/c1-41-24-10-8-23(9-11-24)36-30(39)32(29(38)33-31(36)40,15-20-7-12-26(42-2)27(14-20)43-3)19-34-16-21-13-22(18-34)25-5-4-6-28(37)35(25)17-21/h4-12,14,21-22H,13,15-19H2,1-3H3,(H,33,38,40)/t21-,22-,32+/m1/s1. The molecule has 3 aliphatic heterocycles. The fourth-order valence-corrected chi connectivity index (χ4v) is 6.84. The van der Waals surface area contributed by atoms with Crippen molar-refractivity contribution in [2.45, 2.75) is 25.3 Å². The lowest BCUT2D eigenvalue weighted by Gasteiger charge is -2.47. The van der Waals surface area contributed by atoms with Gasteiger partial charge in [0.2, 0.25) is 5.91 Å². The molecule has 3 aliphatic rings. The van der Waals surface area contributed by atoms with Crippen LogP contribution < -0.4 is 30.0 Å². The van der Waals surface area contributed by atoms with Crippen molar-refractivity contribution in [1.82, 2.24) is 14.8 Å². The number of ether oxygens (including phenoxy) is 3. The number of hydrogen-bond donors (Lipinski definition) is 1. The van der Waals surface area contributed by atoms with E-state index in [0.717, 1.165) is 17.0 Å². The Morgan fingerprint density at radius 3 is 2.35 bits per heavy atom. The molecule has 43 heavy (non-hydrogen) atoms. The second-order valence-electron chi connectivity index (χ2n) is 11.4. The second-order valence-corrected chi connectivity index (χ2v) is 11.4. The monoisotopic (exact) mass is 586 g/mol. The molecule has 0 aliphatic carbocycles. The average Bonchev–Trinajstić information content (AvgIpc) is 3.01. The minimum atomic E-state index is -1.63. The van der Waals surface area contributed by atoms with Gasteiger partial charge in [-0.15, -0.1) is 0 Å². The Morgan fingerprint density at radius 2 is 1.63 bits per heavy atom. The zero-order chi connectivity index (χ0) is 30.3. The third kappa shape index (κ3) is 5.03. The number of nitrogens with zero attached hydrogens (tertiary/aromatic N) is 3. The largest absolute Gasteiger partial charge is 0.497 e. The molecular formula is C32H34N4O7. The molecule has 0 unspecified atom stereocenters. The minimum absolute atomic E-state index is 0.0129. The maximum atomic E-state index is 14.6. The van der Waals surface area contributed by atoms with Gasteiger partial charge >= 0.3 is 6.03 Å². The maximum absolute atomic E-state index is 14.6. The van der Waals surface area contributed by atoms with E-state index < -0.39 is 23.3 Å². The Labute approximate surface area is 248 Å². The third-order valence-electron chi connectivity index (χ3n) is 8.80. The van der Waals surface area contributed by atoms with E-state index in [1.54, 1.807) is 54.6 Å². The number of imide groups is 2. The molecule has 3 atom stereocenters. The first-order valence-electron chi connectivity index (χ1n) is 14.2. The topological polar surface area (TPSA) is 119 Å². The number of likely N-dealkylation sites (tertiary alicyclic amines) is 1. The van der Waals surface area contributed by atoms with Crippen molar-refractivity contribution in [3.63, 3.8) is 0 Å². The molecule has 0 saturated carbocycles. The molecule has 11 nitrogen and oxygen atoms in total. The van der Waals surface area contributed by atoms with Gasteiger partial charge < -0.3 is 23.7 Å². The molecule has 6 rings (SSSR count). The SMILES string of the molecule is COc1ccc(N2C(=O)NC(=O)[C@](Cc3ccc(OC)c(OC)c3)(CN3C[C@H]4C[C@H](C3)c3cccc(=O)n3C4)C2=O)cc1. The summed E-state index contributed by atoms with van der Waals surface area (Å²) >= 11 is 0. The Kier molecular flexibility index (Phi) is 7.43. The summed E-state index contributed by atoms with van der Waals surface area (Å²) in [6.07, 6.45) is 0.957. The molecule has 11 heteroatoms. The molecule has 0 spiro atoms. The number of methoxy groups -OCH3 is 3. The second kappa shape index (κ2) is 11.2. The summed E-state index contributed by atoms with van der Waals surface area (Å²) in [6.45, 7) is 1.87. The summed E-state index contributed by atoms with van der Waals surface area (Å²) in [4.78, 5) is 57.4. The number of urea groups is 1. The van der Waals surface area contributed by atoms with Crippen LogP contribution in [0.3, 0.4) is 0 Å². The van der Waals surface area contributed by atoms with Crippen molar-refractivity contribution in [2.75, 3.05) is 45.9 Å². The third-order valence-corrected chi connectivity index (χ3v) is 8.80. The first-order chi connectivity index (χ1) is 20.8. The first kappa shape index (κ1) is 28.5. The van der Waals surface area contributed by atoms with Crippen molar-refractivity contribution in [3.05, 3.63) is 82.3 Å². The number of benzene rings is 2. The molecule has 2 bridgehead atoms. The molecule has 1 N–H and O–H groups in total. The van der Waals surface area contributed by atoms with Crippen LogP contribution >= 0.6 is 0 Å². The van der Waals surface area contributed by atoms with Gasteiger partial charge in [-0.1, -0.05) is 12.1 Å². The number of pyridine rings is 1. The van der Waals surface area contributed by atoms with E-state index in [2.05, 4.69) is 10.2 Å². The van der Waals surface area contributed by atoms with Gasteiger partial charge in [-0.2, -0.15) is 0 Å². The number of anilines is 1. The van der Waals surface area contributed by atoms with Crippen LogP contribution in [-0.4, -0.2) is 68.3 Å². The normalized spacial score (nSPS) is 23.4. The van der Waals surface area contributed by atoms with E-state index in [4.69, 9.17) is 14.2 Å². The van der Waals surface area contributed by atoms with E-state index in [-0.39, 0.29) is 30.4 Å². The highest BCUT2D eigenvalue weighted by molar-refractivity contribution is 6.30. The average molecular weight is 587 g/mol. The first-order valence-corrected chi connectivity index (χ1v) is 14.2. The number of hydrogen-bond acceptors (Lipinski definition) is 8. The van der Waals surface area contributed by atoms with Crippen LogP contribution in [0.1, 0.15) is 23.6 Å². The number of piperidine rings is 1. The number of rotatable bonds is 8. The van der Waals surface area contributed by atoms with E-state index in [9.17, 15) is 19.2 Å². The number of aromatic nitrogens is 1. The fraction of sp³-hybridized carbons (Fsp3) is 0.375. The molecule has 2 aromatic carbocycles. The molecule has 2 saturated heterocycles. The number of fused-ring (bicyclic) bond motifs is 4. The van der Waals surface area contributed by atoms with Gasteiger partial charge in [-0.05, 0) is 66.8 Å². The molecular weight excluding hydrogens is 552 g/mol.